The first kappa shape index (κ1) is 15.1. The number of nitrogens with two attached hydrogens (primary N) is 1. The Balaban J connectivity index is 2.42. The van der Waals surface area contributed by atoms with Gasteiger partial charge in [-0.15, -0.1) is 0 Å². The molecular formula is C16H21BrN2O. The van der Waals surface area contributed by atoms with E-state index >= 15 is 0 Å². The van der Waals surface area contributed by atoms with Crippen molar-refractivity contribution in [2.45, 2.75) is 45.4 Å². The summed E-state index contributed by atoms with van der Waals surface area (Å²) < 4.78 is 6.32. The first-order chi connectivity index (χ1) is 9.67. The fourth-order valence-electron chi connectivity index (χ4n) is 2.62. The predicted octanol–water partition coefficient (Wildman–Crippen LogP) is 5.37. The minimum Gasteiger partial charge on any atom is -0.367 e. The number of hydrogen-bond donors (Lipinski definition) is 1. The van der Waals surface area contributed by atoms with Gasteiger partial charge in [-0.1, -0.05) is 59.9 Å². The molecule has 2 aromatic rings. The molecule has 0 bridgehead atoms. The molecule has 0 saturated carbocycles. The van der Waals surface area contributed by atoms with Gasteiger partial charge in [0.1, 0.15) is 0 Å². The number of nitrogens with zero attached hydrogens (tertiary/aromatic N) is 1. The van der Waals surface area contributed by atoms with Crippen molar-refractivity contribution in [1.82, 2.24) is 5.16 Å². The average molecular weight is 337 g/mol. The second-order valence-electron chi connectivity index (χ2n) is 5.09. The minimum absolute atomic E-state index is 0.416. The zero-order chi connectivity index (χ0) is 14.5. The lowest BCUT2D eigenvalue weighted by molar-refractivity contribution is 0.411. The Morgan fingerprint density at radius 1 is 1.15 bits per heavy atom. The number of rotatable bonds is 6. The molecule has 0 unspecified atom stereocenters. The molecular weight excluding hydrogens is 316 g/mol. The molecule has 2 N–H and O–H groups in total. The number of anilines is 1. The highest BCUT2D eigenvalue weighted by Crippen LogP contribution is 2.37. The van der Waals surface area contributed by atoms with E-state index in [1.165, 1.54) is 0 Å². The summed E-state index contributed by atoms with van der Waals surface area (Å²) in [6.45, 7) is 4.40. The van der Waals surface area contributed by atoms with Crippen molar-refractivity contribution < 1.29 is 4.52 Å². The molecule has 0 saturated heterocycles. The summed E-state index contributed by atoms with van der Waals surface area (Å²) in [4.78, 5) is 0. The fourth-order valence-corrected chi connectivity index (χ4v) is 2.88. The zero-order valence-corrected chi connectivity index (χ0v) is 13.6. The molecule has 0 fully saturated rings. The smallest absolute Gasteiger partial charge is 0.230 e. The SMILES string of the molecule is CCCC(CCC)c1noc(N)c1-c1ccc(Br)cc1. The minimum atomic E-state index is 0.416. The molecule has 0 amide bonds. The second kappa shape index (κ2) is 6.93. The van der Waals surface area contributed by atoms with Crippen LogP contribution < -0.4 is 5.73 Å². The lowest BCUT2D eigenvalue weighted by Crippen LogP contribution is -2.01. The van der Waals surface area contributed by atoms with Gasteiger partial charge in [0.25, 0.3) is 0 Å². The summed E-state index contributed by atoms with van der Waals surface area (Å²) in [6, 6.07) is 8.12. The molecule has 1 heterocycles. The van der Waals surface area contributed by atoms with Crippen LogP contribution in [0.4, 0.5) is 5.88 Å². The van der Waals surface area contributed by atoms with Gasteiger partial charge in [0.05, 0.1) is 11.3 Å². The van der Waals surface area contributed by atoms with Gasteiger partial charge in [-0.3, -0.25) is 0 Å². The van der Waals surface area contributed by atoms with Gasteiger partial charge in [-0.2, -0.15) is 0 Å². The van der Waals surface area contributed by atoms with E-state index in [4.69, 9.17) is 10.3 Å². The third-order valence-corrected chi connectivity index (χ3v) is 4.07. The molecule has 4 heteroatoms. The summed E-state index contributed by atoms with van der Waals surface area (Å²) >= 11 is 3.45. The highest BCUT2D eigenvalue weighted by atomic mass is 79.9. The number of nitrogen functional groups attached to an aromatic ring is 1. The summed E-state index contributed by atoms with van der Waals surface area (Å²) in [7, 11) is 0. The third-order valence-electron chi connectivity index (χ3n) is 3.54. The Bertz CT molecular complexity index is 542. The van der Waals surface area contributed by atoms with E-state index in [1.54, 1.807) is 0 Å². The van der Waals surface area contributed by atoms with Crippen molar-refractivity contribution in [3.8, 4) is 11.1 Å². The van der Waals surface area contributed by atoms with Gasteiger partial charge in [0.15, 0.2) is 0 Å². The number of hydrogen-bond acceptors (Lipinski definition) is 3. The Labute approximate surface area is 128 Å². The number of halogens is 1. The monoisotopic (exact) mass is 336 g/mol. The van der Waals surface area contributed by atoms with Crippen molar-refractivity contribution >= 4 is 21.8 Å². The molecule has 1 aromatic heterocycles. The van der Waals surface area contributed by atoms with Crippen molar-refractivity contribution in [2.24, 2.45) is 0 Å². The predicted molar refractivity (Wildman–Crippen MR) is 86.6 cm³/mol. The third kappa shape index (κ3) is 3.23. The van der Waals surface area contributed by atoms with Crippen LogP contribution in [0.15, 0.2) is 33.3 Å². The highest BCUT2D eigenvalue weighted by molar-refractivity contribution is 9.10. The molecule has 20 heavy (non-hydrogen) atoms. The molecule has 0 aliphatic carbocycles. The largest absolute Gasteiger partial charge is 0.367 e. The normalized spacial score (nSPS) is 11.2. The van der Waals surface area contributed by atoms with Crippen LogP contribution >= 0.6 is 15.9 Å². The average Bonchev–Trinajstić information content (AvgIpc) is 2.81. The topological polar surface area (TPSA) is 52.0 Å². The molecule has 3 nitrogen and oxygen atoms in total. The van der Waals surface area contributed by atoms with Crippen molar-refractivity contribution in [3.05, 3.63) is 34.4 Å². The van der Waals surface area contributed by atoms with Crippen LogP contribution in [0, 0.1) is 0 Å². The van der Waals surface area contributed by atoms with Gasteiger partial charge >= 0.3 is 0 Å². The zero-order valence-electron chi connectivity index (χ0n) is 12.0. The van der Waals surface area contributed by atoms with Gasteiger partial charge in [0.2, 0.25) is 5.88 Å². The van der Waals surface area contributed by atoms with Crippen molar-refractivity contribution in [1.29, 1.82) is 0 Å². The van der Waals surface area contributed by atoms with Crippen molar-refractivity contribution in [2.75, 3.05) is 5.73 Å². The molecule has 0 atom stereocenters. The van der Waals surface area contributed by atoms with Crippen LogP contribution in [0.5, 0.6) is 0 Å². The molecule has 2 rings (SSSR count). The fraction of sp³-hybridized carbons (Fsp3) is 0.438. The van der Waals surface area contributed by atoms with Crippen LogP contribution in [0.25, 0.3) is 11.1 Å². The van der Waals surface area contributed by atoms with Crippen LogP contribution in [0.3, 0.4) is 0 Å². The van der Waals surface area contributed by atoms with E-state index in [-0.39, 0.29) is 0 Å². The van der Waals surface area contributed by atoms with E-state index in [0.717, 1.165) is 47.0 Å². The Morgan fingerprint density at radius 3 is 2.30 bits per heavy atom. The quantitative estimate of drug-likeness (QED) is 0.771. The molecule has 0 aliphatic heterocycles. The van der Waals surface area contributed by atoms with Crippen LogP contribution in [-0.4, -0.2) is 5.16 Å². The first-order valence-electron chi connectivity index (χ1n) is 7.18. The summed E-state index contributed by atoms with van der Waals surface area (Å²) in [5.74, 6) is 0.837. The van der Waals surface area contributed by atoms with E-state index in [0.29, 0.717) is 11.8 Å². The second-order valence-corrected chi connectivity index (χ2v) is 6.00. The number of benzene rings is 1. The molecule has 0 radical (unpaired) electrons. The summed E-state index contributed by atoms with van der Waals surface area (Å²) in [6.07, 6.45) is 4.50. The molecule has 108 valence electrons. The standard InChI is InChI=1S/C16H21BrN2O/c1-3-5-12(6-4-2)15-14(16(18)20-19-15)11-7-9-13(17)10-8-11/h7-10,12H,3-6,18H2,1-2H3. The van der Waals surface area contributed by atoms with Gasteiger partial charge in [0, 0.05) is 10.4 Å². The van der Waals surface area contributed by atoms with E-state index in [2.05, 4.69) is 34.9 Å². The van der Waals surface area contributed by atoms with Gasteiger partial charge < -0.3 is 10.3 Å². The lowest BCUT2D eigenvalue weighted by Gasteiger charge is -2.14. The maximum atomic E-state index is 6.00. The highest BCUT2D eigenvalue weighted by Gasteiger charge is 2.22. The summed E-state index contributed by atoms with van der Waals surface area (Å²) in [5, 5.41) is 4.24. The van der Waals surface area contributed by atoms with Crippen LogP contribution in [0.2, 0.25) is 0 Å². The first-order valence-corrected chi connectivity index (χ1v) is 7.97. The Morgan fingerprint density at radius 2 is 1.75 bits per heavy atom. The maximum Gasteiger partial charge on any atom is 0.230 e. The maximum absolute atomic E-state index is 6.00. The molecule has 0 aliphatic rings. The van der Waals surface area contributed by atoms with E-state index in [9.17, 15) is 0 Å². The van der Waals surface area contributed by atoms with E-state index in [1.807, 2.05) is 24.3 Å². The molecule has 0 spiro atoms. The van der Waals surface area contributed by atoms with Crippen LogP contribution in [0.1, 0.15) is 51.1 Å². The molecule has 1 aromatic carbocycles. The van der Waals surface area contributed by atoms with Crippen molar-refractivity contribution in [3.63, 3.8) is 0 Å². The van der Waals surface area contributed by atoms with Crippen LogP contribution in [-0.2, 0) is 0 Å². The van der Waals surface area contributed by atoms with Gasteiger partial charge in [-0.05, 0) is 30.5 Å². The number of aromatic nitrogens is 1. The van der Waals surface area contributed by atoms with E-state index < -0.39 is 0 Å². The Kier molecular flexibility index (Phi) is 5.24. The lowest BCUT2D eigenvalue weighted by atomic mass is 9.90. The van der Waals surface area contributed by atoms with Gasteiger partial charge in [-0.25, -0.2) is 0 Å². The Hall–Kier alpha value is -1.29. The summed E-state index contributed by atoms with van der Waals surface area (Å²) in [5.41, 5.74) is 9.04.